The first kappa shape index (κ1) is 21.8. The Balaban J connectivity index is 1.17. The van der Waals surface area contributed by atoms with Crippen LogP contribution in [-0.4, -0.2) is 47.2 Å². The van der Waals surface area contributed by atoms with E-state index >= 15 is 0 Å². The molecule has 5 aromatic rings. The number of hydrogen-bond donors (Lipinski definition) is 1. The van der Waals surface area contributed by atoms with Gasteiger partial charge in [-0.3, -0.25) is 4.79 Å². The summed E-state index contributed by atoms with van der Waals surface area (Å²) in [7, 11) is 0. The monoisotopic (exact) mass is 476 g/mol. The summed E-state index contributed by atoms with van der Waals surface area (Å²) in [6.07, 6.45) is 1.49. The second-order valence-electron chi connectivity index (χ2n) is 8.63. The zero-order chi connectivity index (χ0) is 24.3. The molecule has 1 amide bonds. The fraction of sp³-hybridized carbons (Fsp3) is 0.143. The van der Waals surface area contributed by atoms with E-state index in [1.165, 1.54) is 12.0 Å². The Morgan fingerprint density at radius 1 is 0.806 bits per heavy atom. The molecule has 1 fully saturated rings. The molecule has 178 valence electrons. The minimum atomic E-state index is -0.254. The molecule has 2 aromatic heterocycles. The minimum absolute atomic E-state index is 0.254. The number of carbonyl (C=O) groups is 1. The van der Waals surface area contributed by atoms with Crippen LogP contribution in [0, 0.1) is 0 Å². The van der Waals surface area contributed by atoms with Crippen LogP contribution in [-0.2, 0) is 0 Å². The van der Waals surface area contributed by atoms with Crippen molar-refractivity contribution in [3.05, 3.63) is 96.8 Å². The number of hydrogen-bond acceptors (Lipinski definition) is 7. The lowest BCUT2D eigenvalue weighted by Crippen LogP contribution is -2.46. The summed E-state index contributed by atoms with van der Waals surface area (Å²) in [5.74, 6) is 1.65. The third kappa shape index (κ3) is 4.36. The third-order valence-electron chi connectivity index (χ3n) is 6.39. The summed E-state index contributed by atoms with van der Waals surface area (Å²) in [6.45, 7) is 3.48. The molecule has 3 aromatic carbocycles. The van der Waals surface area contributed by atoms with Crippen LogP contribution >= 0.6 is 0 Å². The molecule has 8 nitrogen and oxygen atoms in total. The molecule has 0 spiro atoms. The van der Waals surface area contributed by atoms with Gasteiger partial charge < -0.3 is 19.6 Å². The smallest absolute Gasteiger partial charge is 0.256 e. The number of nitrogens with one attached hydrogen (secondary N) is 1. The number of rotatable bonds is 5. The first-order valence-corrected chi connectivity index (χ1v) is 11.9. The summed E-state index contributed by atoms with van der Waals surface area (Å²) < 4.78 is 5.56. The number of carbonyl (C=O) groups excluding carboxylic acids is 1. The molecule has 36 heavy (non-hydrogen) atoms. The van der Waals surface area contributed by atoms with Crippen molar-refractivity contribution >= 4 is 34.1 Å². The highest BCUT2D eigenvalue weighted by atomic mass is 16.5. The van der Waals surface area contributed by atoms with E-state index in [0.29, 0.717) is 22.7 Å². The van der Waals surface area contributed by atoms with Gasteiger partial charge in [-0.25, -0.2) is 9.97 Å². The lowest BCUT2D eigenvalue weighted by molar-refractivity contribution is 0.102. The van der Waals surface area contributed by atoms with E-state index in [-0.39, 0.29) is 5.91 Å². The van der Waals surface area contributed by atoms with Crippen molar-refractivity contribution < 1.29 is 9.32 Å². The van der Waals surface area contributed by atoms with Crippen molar-refractivity contribution in [1.29, 1.82) is 0 Å². The molecule has 0 unspecified atom stereocenters. The maximum atomic E-state index is 13.1. The highest BCUT2D eigenvalue weighted by Crippen LogP contribution is 2.29. The topological polar surface area (TPSA) is 87.4 Å². The Kier molecular flexibility index (Phi) is 5.75. The molecule has 8 heteroatoms. The average molecular weight is 477 g/mol. The number of fused-ring (bicyclic) bond motifs is 1. The van der Waals surface area contributed by atoms with Gasteiger partial charge >= 0.3 is 0 Å². The number of piperazine rings is 1. The lowest BCUT2D eigenvalue weighted by Gasteiger charge is -2.36. The third-order valence-corrected chi connectivity index (χ3v) is 6.39. The van der Waals surface area contributed by atoms with Crippen molar-refractivity contribution in [3.8, 4) is 11.3 Å². The standard InChI is InChI=1S/C28H24N6O2/c35-28(21-11-12-24-23(17-21)27(36-32-24)20-7-3-1-4-8-20)31-25-18-26(30-19-29-25)34-15-13-33(14-16-34)22-9-5-2-6-10-22/h1-12,17-19H,13-16H2,(H,29,30,31,35). The number of anilines is 3. The van der Waals surface area contributed by atoms with Crippen LogP contribution in [0.25, 0.3) is 22.2 Å². The van der Waals surface area contributed by atoms with Gasteiger partial charge in [-0.05, 0) is 30.3 Å². The minimum Gasteiger partial charge on any atom is -0.368 e. The molecule has 1 saturated heterocycles. The second-order valence-corrected chi connectivity index (χ2v) is 8.63. The normalized spacial score (nSPS) is 13.7. The van der Waals surface area contributed by atoms with E-state index in [4.69, 9.17) is 4.52 Å². The number of nitrogens with zero attached hydrogens (tertiary/aromatic N) is 5. The molecule has 1 aliphatic rings. The molecular weight excluding hydrogens is 452 g/mol. The molecule has 0 aliphatic carbocycles. The van der Waals surface area contributed by atoms with Gasteiger partial charge in [0.05, 0.1) is 5.39 Å². The Hall–Kier alpha value is -4.72. The van der Waals surface area contributed by atoms with Crippen molar-refractivity contribution in [2.45, 2.75) is 0 Å². The number of para-hydroxylation sites is 1. The Labute approximate surface area is 208 Å². The van der Waals surface area contributed by atoms with Crippen molar-refractivity contribution in [2.75, 3.05) is 41.3 Å². The predicted molar refractivity (Wildman–Crippen MR) is 140 cm³/mol. The summed E-state index contributed by atoms with van der Waals surface area (Å²) in [6, 6.07) is 27.3. The van der Waals surface area contributed by atoms with Crippen LogP contribution in [0.1, 0.15) is 10.4 Å². The van der Waals surface area contributed by atoms with E-state index < -0.39 is 0 Å². The average Bonchev–Trinajstić information content (AvgIpc) is 3.38. The van der Waals surface area contributed by atoms with E-state index in [2.05, 4.69) is 54.5 Å². The summed E-state index contributed by atoms with van der Waals surface area (Å²) >= 11 is 0. The zero-order valence-electron chi connectivity index (χ0n) is 19.5. The van der Waals surface area contributed by atoms with Crippen LogP contribution < -0.4 is 15.1 Å². The van der Waals surface area contributed by atoms with Gasteiger partial charge in [-0.1, -0.05) is 53.7 Å². The van der Waals surface area contributed by atoms with Gasteiger partial charge in [0, 0.05) is 49.1 Å². The quantitative estimate of drug-likeness (QED) is 0.387. The Morgan fingerprint density at radius 3 is 2.31 bits per heavy atom. The first-order chi connectivity index (χ1) is 17.7. The van der Waals surface area contributed by atoms with Gasteiger partial charge in [0.15, 0.2) is 5.76 Å². The van der Waals surface area contributed by atoms with Gasteiger partial charge in [-0.15, -0.1) is 0 Å². The molecule has 0 bridgehead atoms. The zero-order valence-corrected chi connectivity index (χ0v) is 19.5. The van der Waals surface area contributed by atoms with Gasteiger partial charge in [0.25, 0.3) is 5.91 Å². The van der Waals surface area contributed by atoms with Crippen LogP contribution in [0.15, 0.2) is 95.8 Å². The van der Waals surface area contributed by atoms with Crippen LogP contribution in [0.2, 0.25) is 0 Å². The number of amides is 1. The van der Waals surface area contributed by atoms with Crippen molar-refractivity contribution in [1.82, 2.24) is 15.1 Å². The lowest BCUT2D eigenvalue weighted by atomic mass is 10.1. The van der Waals surface area contributed by atoms with E-state index in [1.54, 1.807) is 18.2 Å². The molecule has 0 saturated carbocycles. The fourth-order valence-corrected chi connectivity index (χ4v) is 4.49. The van der Waals surface area contributed by atoms with Crippen LogP contribution in [0.3, 0.4) is 0 Å². The first-order valence-electron chi connectivity index (χ1n) is 11.9. The van der Waals surface area contributed by atoms with Gasteiger partial charge in [-0.2, -0.15) is 0 Å². The summed E-state index contributed by atoms with van der Waals surface area (Å²) in [5, 5.41) is 7.83. The van der Waals surface area contributed by atoms with Gasteiger partial charge in [0.2, 0.25) is 0 Å². The molecule has 1 N–H and O–H groups in total. The van der Waals surface area contributed by atoms with Crippen molar-refractivity contribution in [3.63, 3.8) is 0 Å². The Bertz CT molecular complexity index is 1490. The molecule has 3 heterocycles. The van der Waals surface area contributed by atoms with E-state index in [9.17, 15) is 4.79 Å². The number of benzene rings is 3. The highest BCUT2D eigenvalue weighted by molar-refractivity contribution is 6.07. The SMILES string of the molecule is O=C(Nc1cc(N2CCN(c3ccccc3)CC2)ncn1)c1ccc2noc(-c3ccccc3)c2c1. The highest BCUT2D eigenvalue weighted by Gasteiger charge is 2.19. The predicted octanol–water partition coefficient (Wildman–Crippen LogP) is 4.86. The largest absolute Gasteiger partial charge is 0.368 e. The fourth-order valence-electron chi connectivity index (χ4n) is 4.49. The molecule has 1 aliphatic heterocycles. The van der Waals surface area contributed by atoms with E-state index in [0.717, 1.165) is 42.9 Å². The van der Waals surface area contributed by atoms with Crippen LogP contribution in [0.4, 0.5) is 17.3 Å². The number of aromatic nitrogens is 3. The molecular formula is C28H24N6O2. The summed E-state index contributed by atoms with van der Waals surface area (Å²) in [4.78, 5) is 26.4. The van der Waals surface area contributed by atoms with E-state index in [1.807, 2.05) is 42.5 Å². The molecule has 6 rings (SSSR count). The summed E-state index contributed by atoms with van der Waals surface area (Å²) in [5.41, 5.74) is 3.34. The van der Waals surface area contributed by atoms with Crippen molar-refractivity contribution in [2.24, 2.45) is 0 Å². The maximum Gasteiger partial charge on any atom is 0.256 e. The molecule has 0 atom stereocenters. The molecule has 0 radical (unpaired) electrons. The van der Waals surface area contributed by atoms with Crippen LogP contribution in [0.5, 0.6) is 0 Å². The van der Waals surface area contributed by atoms with Gasteiger partial charge in [0.1, 0.15) is 23.5 Å². The Morgan fingerprint density at radius 2 is 1.53 bits per heavy atom. The maximum absolute atomic E-state index is 13.1. The second kappa shape index (κ2) is 9.50.